The van der Waals surface area contributed by atoms with Crippen LogP contribution in [0.15, 0.2) is 24.3 Å². The largest absolute Gasteiger partial charge is 0.339 e. The molecule has 5 heteroatoms. The third-order valence-corrected chi connectivity index (χ3v) is 3.80. The van der Waals surface area contributed by atoms with Gasteiger partial charge in [0.2, 0.25) is 16.1 Å². The van der Waals surface area contributed by atoms with Crippen molar-refractivity contribution in [2.45, 2.75) is 12.2 Å². The molecule has 0 radical (unpaired) electrons. The van der Waals surface area contributed by atoms with Crippen LogP contribution in [0.3, 0.4) is 0 Å². The molecule has 0 aromatic heterocycles. The molecule has 1 aromatic rings. The van der Waals surface area contributed by atoms with Gasteiger partial charge in [0.15, 0.2) is 0 Å². The molecule has 1 aliphatic heterocycles. The van der Waals surface area contributed by atoms with Crippen LogP contribution in [-0.2, 0) is 32.0 Å². The molecule has 1 aliphatic carbocycles. The SMILES string of the molecule is O=S(=O)=C1Cc2ccccc2C12OCCO2. The Morgan fingerprint density at radius 1 is 1.12 bits per heavy atom. The first-order valence-electron chi connectivity index (χ1n) is 5.06. The van der Waals surface area contributed by atoms with Crippen LogP contribution in [0.1, 0.15) is 11.1 Å². The third kappa shape index (κ3) is 1.19. The molecule has 1 heterocycles. The predicted molar refractivity (Wildman–Crippen MR) is 57.7 cm³/mol. The highest BCUT2D eigenvalue weighted by molar-refractivity contribution is 7.73. The summed E-state index contributed by atoms with van der Waals surface area (Å²) in [6.07, 6.45) is 0.381. The second-order valence-corrected chi connectivity index (χ2v) is 4.77. The van der Waals surface area contributed by atoms with Crippen molar-refractivity contribution in [3.8, 4) is 0 Å². The summed E-state index contributed by atoms with van der Waals surface area (Å²) in [5, 5.41) is 0. The average molecular weight is 238 g/mol. The number of rotatable bonds is 0. The molecule has 84 valence electrons. The molecular formula is C11H10O4S. The Hall–Kier alpha value is -1.17. The van der Waals surface area contributed by atoms with Crippen molar-refractivity contribution in [1.82, 2.24) is 0 Å². The quantitative estimate of drug-likeness (QED) is 0.617. The average Bonchev–Trinajstić information content (AvgIpc) is 2.87. The van der Waals surface area contributed by atoms with Gasteiger partial charge >= 0.3 is 0 Å². The van der Waals surface area contributed by atoms with Gasteiger partial charge < -0.3 is 9.47 Å². The zero-order valence-electron chi connectivity index (χ0n) is 8.47. The van der Waals surface area contributed by atoms with Gasteiger partial charge in [0.25, 0.3) is 0 Å². The Morgan fingerprint density at radius 3 is 2.50 bits per heavy atom. The summed E-state index contributed by atoms with van der Waals surface area (Å²) in [5.41, 5.74) is 1.79. The number of fused-ring (bicyclic) bond motifs is 2. The maximum atomic E-state index is 11.2. The Morgan fingerprint density at radius 2 is 1.81 bits per heavy atom. The highest BCUT2D eigenvalue weighted by atomic mass is 32.2. The van der Waals surface area contributed by atoms with E-state index in [-0.39, 0.29) is 4.86 Å². The lowest BCUT2D eigenvalue weighted by atomic mass is 10.1. The second-order valence-electron chi connectivity index (χ2n) is 3.81. The van der Waals surface area contributed by atoms with Crippen LogP contribution in [0, 0.1) is 0 Å². The van der Waals surface area contributed by atoms with Gasteiger partial charge in [0, 0.05) is 12.0 Å². The molecule has 0 amide bonds. The molecule has 0 N–H and O–H groups in total. The van der Waals surface area contributed by atoms with E-state index in [1.165, 1.54) is 0 Å². The van der Waals surface area contributed by atoms with Crippen LogP contribution in [-0.4, -0.2) is 26.5 Å². The molecule has 1 aromatic carbocycles. The summed E-state index contributed by atoms with van der Waals surface area (Å²) in [7, 11) is -2.28. The van der Waals surface area contributed by atoms with Crippen LogP contribution < -0.4 is 0 Å². The van der Waals surface area contributed by atoms with E-state index in [9.17, 15) is 8.42 Å². The Balaban J connectivity index is 2.29. The van der Waals surface area contributed by atoms with Crippen LogP contribution in [0.25, 0.3) is 0 Å². The van der Waals surface area contributed by atoms with Crippen molar-refractivity contribution in [3.05, 3.63) is 35.4 Å². The van der Waals surface area contributed by atoms with Gasteiger partial charge in [0.1, 0.15) is 4.86 Å². The summed E-state index contributed by atoms with van der Waals surface area (Å²) in [6, 6.07) is 7.52. The van der Waals surface area contributed by atoms with Gasteiger partial charge in [-0.1, -0.05) is 24.3 Å². The minimum absolute atomic E-state index is 0.284. The van der Waals surface area contributed by atoms with E-state index in [0.717, 1.165) is 11.1 Å². The maximum absolute atomic E-state index is 11.2. The fourth-order valence-electron chi connectivity index (χ4n) is 2.33. The monoisotopic (exact) mass is 238 g/mol. The zero-order chi connectivity index (χ0) is 11.2. The molecule has 1 saturated heterocycles. The minimum Gasteiger partial charge on any atom is -0.339 e. The highest BCUT2D eigenvalue weighted by Crippen LogP contribution is 2.41. The van der Waals surface area contributed by atoms with Crippen molar-refractivity contribution in [2.24, 2.45) is 0 Å². The maximum Gasteiger partial charge on any atom is 0.234 e. The Labute approximate surface area is 94.3 Å². The van der Waals surface area contributed by atoms with Crippen LogP contribution in [0.5, 0.6) is 0 Å². The van der Waals surface area contributed by atoms with Crippen LogP contribution in [0.4, 0.5) is 0 Å². The Kier molecular flexibility index (Phi) is 2.14. The summed E-state index contributed by atoms with van der Waals surface area (Å²) < 4.78 is 33.6. The molecule has 0 saturated carbocycles. The van der Waals surface area contributed by atoms with E-state index >= 15 is 0 Å². The molecule has 4 nitrogen and oxygen atoms in total. The standard InChI is InChI=1S/C11H10O4S/c12-16(13)10-7-8-3-1-2-4-9(8)11(10)14-5-6-15-11/h1-4H,5-7H2. The molecule has 3 rings (SSSR count). The van der Waals surface area contributed by atoms with Crippen LogP contribution in [0.2, 0.25) is 0 Å². The summed E-state index contributed by atoms with van der Waals surface area (Å²) in [4.78, 5) is 0.284. The van der Waals surface area contributed by atoms with Crippen molar-refractivity contribution < 1.29 is 17.9 Å². The van der Waals surface area contributed by atoms with E-state index in [4.69, 9.17) is 9.47 Å². The molecule has 16 heavy (non-hydrogen) atoms. The molecule has 1 fully saturated rings. The summed E-state index contributed by atoms with van der Waals surface area (Å²) in [5.74, 6) is -1.14. The van der Waals surface area contributed by atoms with Crippen molar-refractivity contribution in [3.63, 3.8) is 0 Å². The molecule has 1 spiro atoms. The van der Waals surface area contributed by atoms with Gasteiger partial charge in [-0.15, -0.1) is 0 Å². The fraction of sp³-hybridized carbons (Fsp3) is 0.364. The molecule has 0 unspecified atom stereocenters. The Bertz CT molecular complexity index is 559. The first-order chi connectivity index (χ1) is 7.74. The first-order valence-corrected chi connectivity index (χ1v) is 6.13. The van der Waals surface area contributed by atoms with Crippen molar-refractivity contribution in [2.75, 3.05) is 13.2 Å². The van der Waals surface area contributed by atoms with Gasteiger partial charge in [-0.05, 0) is 5.56 Å². The molecular weight excluding hydrogens is 228 g/mol. The topological polar surface area (TPSA) is 52.6 Å². The third-order valence-electron chi connectivity index (χ3n) is 2.99. The number of benzene rings is 1. The lowest BCUT2D eigenvalue weighted by Crippen LogP contribution is -2.33. The smallest absolute Gasteiger partial charge is 0.234 e. The van der Waals surface area contributed by atoms with E-state index in [1.807, 2.05) is 24.3 Å². The fourth-order valence-corrected chi connectivity index (χ4v) is 3.05. The number of hydrogen-bond acceptors (Lipinski definition) is 4. The van der Waals surface area contributed by atoms with Gasteiger partial charge in [-0.3, -0.25) is 0 Å². The first kappa shape index (κ1) is 10.0. The van der Waals surface area contributed by atoms with E-state index < -0.39 is 16.1 Å². The van der Waals surface area contributed by atoms with Gasteiger partial charge in [-0.2, -0.15) is 8.42 Å². The zero-order valence-corrected chi connectivity index (χ0v) is 9.29. The number of ether oxygens (including phenoxy) is 2. The van der Waals surface area contributed by atoms with Gasteiger partial charge in [0.05, 0.1) is 13.2 Å². The summed E-state index contributed by atoms with van der Waals surface area (Å²) >= 11 is 0. The predicted octanol–water partition coefficient (Wildman–Crippen LogP) is 0.494. The van der Waals surface area contributed by atoms with Gasteiger partial charge in [-0.25, -0.2) is 0 Å². The molecule has 2 aliphatic rings. The van der Waals surface area contributed by atoms with E-state index in [1.54, 1.807) is 0 Å². The second kappa shape index (κ2) is 3.41. The summed E-state index contributed by atoms with van der Waals surface area (Å²) in [6.45, 7) is 0.851. The molecule has 0 atom stereocenters. The van der Waals surface area contributed by atoms with E-state index in [0.29, 0.717) is 19.6 Å². The lowest BCUT2D eigenvalue weighted by molar-refractivity contribution is -0.0998. The normalized spacial score (nSPS) is 21.4. The number of hydrogen-bond donors (Lipinski definition) is 0. The van der Waals surface area contributed by atoms with E-state index in [2.05, 4.69) is 0 Å². The molecule has 0 bridgehead atoms. The lowest BCUT2D eigenvalue weighted by Gasteiger charge is -2.22. The van der Waals surface area contributed by atoms with Crippen molar-refractivity contribution >= 4 is 15.2 Å². The van der Waals surface area contributed by atoms with Crippen molar-refractivity contribution in [1.29, 1.82) is 0 Å². The highest BCUT2D eigenvalue weighted by Gasteiger charge is 2.50. The van der Waals surface area contributed by atoms with Crippen LogP contribution >= 0.6 is 0 Å². The minimum atomic E-state index is -2.28.